The first kappa shape index (κ1) is 22.5. The summed E-state index contributed by atoms with van der Waals surface area (Å²) in [4.78, 5) is 17.5. The summed E-state index contributed by atoms with van der Waals surface area (Å²) in [6.07, 6.45) is 1.44. The second-order valence-corrected chi connectivity index (χ2v) is 9.69. The number of aryl methyl sites for hydroxylation is 2. The molecule has 0 spiro atoms. The summed E-state index contributed by atoms with van der Waals surface area (Å²) in [5.41, 5.74) is 3.53. The zero-order valence-electron chi connectivity index (χ0n) is 18.6. The maximum absolute atomic E-state index is 13.7. The van der Waals surface area contributed by atoms with E-state index in [1.54, 1.807) is 53.1 Å². The molecule has 6 nitrogen and oxygen atoms in total. The van der Waals surface area contributed by atoms with Crippen LogP contribution in [-0.2, 0) is 19.4 Å². The molecule has 3 aromatic carbocycles. The van der Waals surface area contributed by atoms with E-state index in [2.05, 4.69) is 4.98 Å². The van der Waals surface area contributed by atoms with Crippen molar-refractivity contribution in [2.45, 2.75) is 29.7 Å². The molecule has 0 aliphatic heterocycles. The van der Waals surface area contributed by atoms with Gasteiger partial charge in [0, 0.05) is 5.69 Å². The van der Waals surface area contributed by atoms with Gasteiger partial charge in [0.05, 0.1) is 17.7 Å². The topological polar surface area (TPSA) is 78.3 Å². The first-order valence-electron chi connectivity index (χ1n) is 10.4. The molecule has 33 heavy (non-hydrogen) atoms. The van der Waals surface area contributed by atoms with Crippen LogP contribution in [-0.4, -0.2) is 31.0 Å². The third kappa shape index (κ3) is 4.32. The van der Waals surface area contributed by atoms with Crippen molar-refractivity contribution in [3.63, 3.8) is 0 Å². The van der Waals surface area contributed by atoms with Gasteiger partial charge in [0.15, 0.2) is 5.03 Å². The van der Waals surface area contributed by atoms with Crippen molar-refractivity contribution in [3.8, 4) is 5.69 Å². The normalized spacial score (nSPS) is 12.3. The summed E-state index contributed by atoms with van der Waals surface area (Å²) in [5.74, 6) is -1.56. The highest BCUT2D eigenvalue weighted by Crippen LogP contribution is 2.35. The highest BCUT2D eigenvalue weighted by Gasteiger charge is 2.36. The smallest absolute Gasteiger partial charge is 0.319 e. The van der Waals surface area contributed by atoms with Gasteiger partial charge in [-0.3, -0.25) is 4.79 Å². The zero-order chi connectivity index (χ0) is 23.6. The van der Waals surface area contributed by atoms with E-state index in [0.29, 0.717) is 11.3 Å². The Morgan fingerprint density at radius 3 is 2.03 bits per heavy atom. The second kappa shape index (κ2) is 9.03. The van der Waals surface area contributed by atoms with Gasteiger partial charge < -0.3 is 9.30 Å². The number of hydrogen-bond acceptors (Lipinski definition) is 5. The number of sulfone groups is 1. The van der Waals surface area contributed by atoms with Crippen LogP contribution in [0.25, 0.3) is 5.69 Å². The van der Waals surface area contributed by atoms with E-state index in [4.69, 9.17) is 4.74 Å². The number of ether oxygens (including phenoxy) is 1. The number of imidazole rings is 1. The molecule has 168 valence electrons. The van der Waals surface area contributed by atoms with Crippen LogP contribution in [0.4, 0.5) is 0 Å². The Hall–Kier alpha value is -3.71. The number of carbonyl (C=O) groups excluding carboxylic acids is 1. The lowest BCUT2D eigenvalue weighted by atomic mass is 9.96. The third-order valence-corrected chi connectivity index (χ3v) is 7.23. The lowest BCUT2D eigenvalue weighted by Gasteiger charge is -2.19. The van der Waals surface area contributed by atoms with Gasteiger partial charge in [0.1, 0.15) is 12.2 Å². The number of methoxy groups -OCH3 is 1. The summed E-state index contributed by atoms with van der Waals surface area (Å²) < 4.78 is 34.1. The molecule has 0 bridgehead atoms. The predicted molar refractivity (Wildman–Crippen MR) is 125 cm³/mol. The van der Waals surface area contributed by atoms with E-state index in [0.717, 1.165) is 11.1 Å². The Bertz CT molecular complexity index is 1370. The van der Waals surface area contributed by atoms with Gasteiger partial charge in [-0.15, -0.1) is 0 Å². The van der Waals surface area contributed by atoms with E-state index in [9.17, 15) is 13.2 Å². The maximum Gasteiger partial charge on any atom is 0.319 e. The molecule has 0 N–H and O–H groups in total. The van der Waals surface area contributed by atoms with Gasteiger partial charge in [-0.2, -0.15) is 0 Å². The fourth-order valence-electron chi connectivity index (χ4n) is 3.72. The molecule has 0 radical (unpaired) electrons. The van der Waals surface area contributed by atoms with Gasteiger partial charge in [-0.1, -0.05) is 65.7 Å². The minimum Gasteiger partial charge on any atom is -0.468 e. The van der Waals surface area contributed by atoms with Crippen molar-refractivity contribution in [1.82, 2.24) is 9.55 Å². The molecule has 4 rings (SSSR count). The highest BCUT2D eigenvalue weighted by atomic mass is 32.2. The first-order valence-corrected chi connectivity index (χ1v) is 11.9. The Kier molecular flexibility index (Phi) is 6.16. The van der Waals surface area contributed by atoms with Gasteiger partial charge >= 0.3 is 5.97 Å². The van der Waals surface area contributed by atoms with Crippen LogP contribution in [0.15, 0.2) is 95.1 Å². The predicted octanol–water partition coefficient (Wildman–Crippen LogP) is 4.63. The van der Waals surface area contributed by atoms with E-state index < -0.39 is 21.7 Å². The average molecular weight is 461 g/mol. The molecular weight excluding hydrogens is 436 g/mol. The quantitative estimate of drug-likeness (QED) is 0.392. The fourth-order valence-corrected chi connectivity index (χ4v) is 5.12. The SMILES string of the molecule is COC(=O)C(c1ccccc1)c1c(S(=O)(=O)c2ccc(C)cc2)ncn1-c1ccc(C)cc1. The fraction of sp³-hybridized carbons (Fsp3) is 0.154. The van der Waals surface area contributed by atoms with Gasteiger partial charge in [0.2, 0.25) is 9.84 Å². The van der Waals surface area contributed by atoms with Gasteiger partial charge in [-0.25, -0.2) is 13.4 Å². The molecule has 0 aliphatic rings. The molecule has 0 amide bonds. The Labute approximate surface area is 193 Å². The number of rotatable bonds is 6. The van der Waals surface area contributed by atoms with Crippen LogP contribution in [0.1, 0.15) is 28.3 Å². The van der Waals surface area contributed by atoms with Crippen LogP contribution in [0.5, 0.6) is 0 Å². The van der Waals surface area contributed by atoms with E-state index in [-0.39, 0.29) is 15.6 Å². The number of esters is 1. The van der Waals surface area contributed by atoms with Crippen molar-refractivity contribution in [1.29, 1.82) is 0 Å². The molecule has 1 unspecified atom stereocenters. The zero-order valence-corrected chi connectivity index (χ0v) is 19.4. The van der Waals surface area contributed by atoms with Crippen LogP contribution < -0.4 is 0 Å². The monoisotopic (exact) mass is 460 g/mol. The molecule has 7 heteroatoms. The number of carbonyl (C=O) groups is 1. The standard InChI is InChI=1S/C26H24N2O4S/c1-18-9-13-21(14-10-18)28-17-27-25(33(30,31)22-15-11-19(2)12-16-22)24(28)23(26(29)32-3)20-7-5-4-6-8-20/h4-17,23H,1-3H3. The van der Waals surface area contributed by atoms with Crippen molar-refractivity contribution in [2.75, 3.05) is 7.11 Å². The van der Waals surface area contributed by atoms with Crippen molar-refractivity contribution in [3.05, 3.63) is 108 Å². The van der Waals surface area contributed by atoms with Crippen molar-refractivity contribution < 1.29 is 17.9 Å². The first-order chi connectivity index (χ1) is 15.8. The number of hydrogen-bond donors (Lipinski definition) is 0. The molecule has 0 aliphatic carbocycles. The molecule has 0 fully saturated rings. The minimum absolute atomic E-state index is 0.111. The van der Waals surface area contributed by atoms with Gasteiger partial charge in [-0.05, 0) is 43.7 Å². The number of aromatic nitrogens is 2. The average Bonchev–Trinajstić information content (AvgIpc) is 3.26. The van der Waals surface area contributed by atoms with Crippen molar-refractivity contribution in [2.24, 2.45) is 0 Å². The van der Waals surface area contributed by atoms with Crippen molar-refractivity contribution >= 4 is 15.8 Å². The Morgan fingerprint density at radius 1 is 0.879 bits per heavy atom. The van der Waals surface area contributed by atoms with Crippen LogP contribution in [0.2, 0.25) is 0 Å². The lowest BCUT2D eigenvalue weighted by Crippen LogP contribution is -2.21. The highest BCUT2D eigenvalue weighted by molar-refractivity contribution is 7.91. The van der Waals surface area contributed by atoms with Gasteiger partial charge in [0.25, 0.3) is 0 Å². The molecule has 0 saturated heterocycles. The second-order valence-electron chi connectivity index (χ2n) is 7.82. The van der Waals surface area contributed by atoms with E-state index >= 15 is 0 Å². The molecule has 0 saturated carbocycles. The van der Waals surface area contributed by atoms with Crippen LogP contribution >= 0.6 is 0 Å². The summed E-state index contributed by atoms with van der Waals surface area (Å²) in [5, 5.41) is -0.175. The van der Waals surface area contributed by atoms with Crippen LogP contribution in [0, 0.1) is 13.8 Å². The molecule has 1 aromatic heterocycles. The summed E-state index contributed by atoms with van der Waals surface area (Å²) >= 11 is 0. The lowest BCUT2D eigenvalue weighted by molar-refractivity contribution is -0.141. The third-order valence-electron chi connectivity index (χ3n) is 5.51. The summed E-state index contributed by atoms with van der Waals surface area (Å²) in [7, 11) is -2.73. The van der Waals surface area contributed by atoms with Crippen LogP contribution in [0.3, 0.4) is 0 Å². The Balaban J connectivity index is 2.01. The number of nitrogens with zero attached hydrogens (tertiary/aromatic N) is 2. The molecule has 4 aromatic rings. The van der Waals surface area contributed by atoms with E-state index in [1.165, 1.54) is 13.4 Å². The summed E-state index contributed by atoms with van der Waals surface area (Å²) in [6, 6.07) is 23.1. The van der Waals surface area contributed by atoms with E-state index in [1.807, 2.05) is 44.2 Å². The number of benzene rings is 3. The molecule has 1 heterocycles. The minimum atomic E-state index is -4.02. The Morgan fingerprint density at radius 2 is 1.45 bits per heavy atom. The molecular formula is C26H24N2O4S. The maximum atomic E-state index is 13.7. The largest absolute Gasteiger partial charge is 0.468 e. The molecule has 1 atom stereocenters. The summed E-state index contributed by atoms with van der Waals surface area (Å²) in [6.45, 7) is 3.85.